The van der Waals surface area contributed by atoms with Gasteiger partial charge in [-0.05, 0) is 18.6 Å². The number of ether oxygens (including phenoxy) is 2. The second-order valence-electron chi connectivity index (χ2n) is 5.25. The van der Waals surface area contributed by atoms with Crippen LogP contribution in [0.2, 0.25) is 0 Å². The van der Waals surface area contributed by atoms with Gasteiger partial charge in [-0.1, -0.05) is 19.1 Å². The Morgan fingerprint density at radius 1 is 1.08 bits per heavy atom. The molecule has 0 saturated heterocycles. The largest absolute Gasteiger partial charge is 0.469 e. The summed E-state index contributed by atoms with van der Waals surface area (Å²) in [4.78, 5) is 35.5. The fraction of sp³-hybridized carbons (Fsp3) is 0.438. The molecule has 1 aromatic carbocycles. The SMILES string of the molecule is COC(=O)[C@H](C[C@H](C)C(=O)OC)NC(=O)c1ccccc1C(F)(F)F. The van der Waals surface area contributed by atoms with Crippen LogP contribution in [0.1, 0.15) is 29.3 Å². The third-order valence-electron chi connectivity index (χ3n) is 3.46. The van der Waals surface area contributed by atoms with Gasteiger partial charge in [-0.15, -0.1) is 0 Å². The number of benzene rings is 1. The van der Waals surface area contributed by atoms with Crippen molar-refractivity contribution in [2.45, 2.75) is 25.6 Å². The summed E-state index contributed by atoms with van der Waals surface area (Å²) in [7, 11) is 2.22. The Hall–Kier alpha value is -2.58. The number of carbonyl (C=O) groups is 3. The van der Waals surface area contributed by atoms with Crippen molar-refractivity contribution in [1.82, 2.24) is 5.32 Å². The van der Waals surface area contributed by atoms with Crippen LogP contribution in [0.5, 0.6) is 0 Å². The Morgan fingerprint density at radius 3 is 2.16 bits per heavy atom. The molecule has 0 aliphatic carbocycles. The lowest BCUT2D eigenvalue weighted by molar-refractivity contribution is -0.147. The monoisotopic (exact) mass is 361 g/mol. The Bertz CT molecular complexity index is 645. The number of methoxy groups -OCH3 is 2. The lowest BCUT2D eigenvalue weighted by atomic mass is 10.0. The number of nitrogens with one attached hydrogen (secondary N) is 1. The fourth-order valence-corrected chi connectivity index (χ4v) is 2.17. The molecule has 0 bridgehead atoms. The van der Waals surface area contributed by atoms with Gasteiger partial charge in [0.25, 0.3) is 5.91 Å². The van der Waals surface area contributed by atoms with Crippen molar-refractivity contribution in [3.63, 3.8) is 0 Å². The first-order valence-corrected chi connectivity index (χ1v) is 7.24. The second-order valence-corrected chi connectivity index (χ2v) is 5.25. The zero-order chi connectivity index (χ0) is 19.2. The molecule has 0 aliphatic heterocycles. The highest BCUT2D eigenvalue weighted by Gasteiger charge is 2.36. The lowest BCUT2D eigenvalue weighted by Gasteiger charge is -2.20. The minimum Gasteiger partial charge on any atom is -0.469 e. The van der Waals surface area contributed by atoms with E-state index in [0.717, 1.165) is 32.4 Å². The van der Waals surface area contributed by atoms with Gasteiger partial charge in [-0.2, -0.15) is 13.2 Å². The molecule has 1 amide bonds. The molecule has 138 valence electrons. The fourth-order valence-electron chi connectivity index (χ4n) is 2.17. The first-order valence-electron chi connectivity index (χ1n) is 7.24. The normalized spacial score (nSPS) is 13.5. The van der Waals surface area contributed by atoms with E-state index < -0.39 is 47.1 Å². The highest BCUT2D eigenvalue weighted by atomic mass is 19.4. The van der Waals surface area contributed by atoms with Crippen molar-refractivity contribution in [3.05, 3.63) is 35.4 Å². The predicted octanol–water partition coefficient (Wildman–Crippen LogP) is 2.18. The molecule has 0 heterocycles. The molecule has 6 nitrogen and oxygen atoms in total. The van der Waals surface area contributed by atoms with Crippen LogP contribution in [0.15, 0.2) is 24.3 Å². The topological polar surface area (TPSA) is 81.7 Å². The van der Waals surface area contributed by atoms with Crippen molar-refractivity contribution in [1.29, 1.82) is 0 Å². The van der Waals surface area contributed by atoms with Crippen LogP contribution in [0, 0.1) is 5.92 Å². The van der Waals surface area contributed by atoms with Crippen LogP contribution in [0.4, 0.5) is 13.2 Å². The van der Waals surface area contributed by atoms with Gasteiger partial charge in [0.05, 0.1) is 31.3 Å². The zero-order valence-corrected chi connectivity index (χ0v) is 13.8. The summed E-state index contributed by atoms with van der Waals surface area (Å²) < 4.78 is 48.1. The minimum absolute atomic E-state index is 0.181. The molecule has 1 aromatic rings. The molecule has 0 radical (unpaired) electrons. The Kier molecular flexibility index (Phi) is 6.96. The third-order valence-corrected chi connectivity index (χ3v) is 3.46. The Balaban J connectivity index is 3.04. The van der Waals surface area contributed by atoms with Gasteiger partial charge in [0.15, 0.2) is 0 Å². The third kappa shape index (κ3) is 5.47. The number of hydrogen-bond acceptors (Lipinski definition) is 5. The molecule has 1 N–H and O–H groups in total. The summed E-state index contributed by atoms with van der Waals surface area (Å²) in [5, 5.41) is 2.19. The summed E-state index contributed by atoms with van der Waals surface area (Å²) in [5.74, 6) is -3.37. The highest BCUT2D eigenvalue weighted by Crippen LogP contribution is 2.31. The van der Waals surface area contributed by atoms with E-state index in [1.165, 1.54) is 13.0 Å². The maximum Gasteiger partial charge on any atom is 0.417 e. The summed E-state index contributed by atoms with van der Waals surface area (Å²) in [6.45, 7) is 1.46. The Labute approximate surface area is 142 Å². The van der Waals surface area contributed by atoms with E-state index in [1.807, 2.05) is 0 Å². The van der Waals surface area contributed by atoms with Gasteiger partial charge in [0.1, 0.15) is 6.04 Å². The summed E-state index contributed by atoms with van der Waals surface area (Å²) >= 11 is 0. The van der Waals surface area contributed by atoms with Crippen molar-refractivity contribution in [2.75, 3.05) is 14.2 Å². The number of rotatable bonds is 6. The molecular formula is C16H18F3NO5. The first-order chi connectivity index (χ1) is 11.6. The van der Waals surface area contributed by atoms with Crippen LogP contribution in [-0.2, 0) is 25.2 Å². The molecule has 0 saturated carbocycles. The van der Waals surface area contributed by atoms with Gasteiger partial charge in [0.2, 0.25) is 0 Å². The lowest BCUT2D eigenvalue weighted by Crippen LogP contribution is -2.43. The summed E-state index contributed by atoms with van der Waals surface area (Å²) in [6.07, 6.45) is -4.91. The number of halogens is 3. The molecule has 0 unspecified atom stereocenters. The average Bonchev–Trinajstić information content (AvgIpc) is 2.58. The van der Waals surface area contributed by atoms with E-state index in [4.69, 9.17) is 0 Å². The van der Waals surface area contributed by atoms with Crippen LogP contribution < -0.4 is 5.32 Å². The molecule has 2 atom stereocenters. The average molecular weight is 361 g/mol. The maximum absolute atomic E-state index is 13.0. The van der Waals surface area contributed by atoms with E-state index in [1.54, 1.807) is 0 Å². The molecule has 0 aromatic heterocycles. The van der Waals surface area contributed by atoms with Crippen LogP contribution in [0.3, 0.4) is 0 Å². The van der Waals surface area contributed by atoms with E-state index in [9.17, 15) is 27.6 Å². The Morgan fingerprint density at radius 2 is 1.64 bits per heavy atom. The van der Waals surface area contributed by atoms with Crippen LogP contribution in [-0.4, -0.2) is 38.1 Å². The van der Waals surface area contributed by atoms with Crippen molar-refractivity contribution >= 4 is 17.8 Å². The number of amides is 1. The summed E-state index contributed by atoms with van der Waals surface area (Å²) in [5.41, 5.74) is -1.76. The van der Waals surface area contributed by atoms with Crippen molar-refractivity contribution < 1.29 is 37.0 Å². The molecule has 0 fully saturated rings. The highest BCUT2D eigenvalue weighted by molar-refractivity contribution is 5.98. The molecule has 25 heavy (non-hydrogen) atoms. The second kappa shape index (κ2) is 8.50. The van der Waals surface area contributed by atoms with Gasteiger partial charge in [-0.3, -0.25) is 9.59 Å². The number of alkyl halides is 3. The van der Waals surface area contributed by atoms with Crippen molar-refractivity contribution in [3.8, 4) is 0 Å². The minimum atomic E-state index is -4.73. The van der Waals surface area contributed by atoms with E-state index in [2.05, 4.69) is 14.8 Å². The van der Waals surface area contributed by atoms with Crippen LogP contribution in [0.25, 0.3) is 0 Å². The van der Waals surface area contributed by atoms with Crippen LogP contribution >= 0.6 is 0 Å². The number of esters is 2. The predicted molar refractivity (Wildman–Crippen MR) is 80.5 cm³/mol. The number of hydrogen-bond donors (Lipinski definition) is 1. The molecule has 1 rings (SSSR count). The van der Waals surface area contributed by atoms with E-state index >= 15 is 0 Å². The first kappa shape index (κ1) is 20.5. The van der Waals surface area contributed by atoms with Gasteiger partial charge in [-0.25, -0.2) is 4.79 Å². The van der Waals surface area contributed by atoms with Gasteiger partial charge < -0.3 is 14.8 Å². The molecule has 0 aliphatic rings. The molecular weight excluding hydrogens is 343 g/mol. The zero-order valence-electron chi connectivity index (χ0n) is 13.8. The smallest absolute Gasteiger partial charge is 0.417 e. The van der Waals surface area contributed by atoms with Crippen molar-refractivity contribution in [2.24, 2.45) is 5.92 Å². The maximum atomic E-state index is 13.0. The van der Waals surface area contributed by atoms with E-state index in [-0.39, 0.29) is 6.42 Å². The summed E-state index contributed by atoms with van der Waals surface area (Å²) in [6, 6.07) is 2.88. The van der Waals surface area contributed by atoms with E-state index in [0.29, 0.717) is 0 Å². The van der Waals surface area contributed by atoms with Gasteiger partial charge in [0, 0.05) is 0 Å². The number of carbonyl (C=O) groups excluding carboxylic acids is 3. The molecule has 9 heteroatoms. The molecule has 0 spiro atoms. The standard InChI is InChI=1S/C16H18F3NO5/c1-9(14(22)24-2)8-12(15(23)25-3)20-13(21)10-6-4-5-7-11(10)16(17,18)19/h4-7,9,12H,8H2,1-3H3,(H,20,21)/t9-,12-/m0/s1. The van der Waals surface area contributed by atoms with Gasteiger partial charge >= 0.3 is 18.1 Å². The quantitative estimate of drug-likeness (QED) is 0.786.